The van der Waals surface area contributed by atoms with Gasteiger partial charge in [0.25, 0.3) is 0 Å². The Morgan fingerprint density at radius 3 is 3.06 bits per heavy atom. The third-order valence-electron chi connectivity index (χ3n) is 2.48. The Labute approximate surface area is 104 Å². The number of anilines is 1. The summed E-state index contributed by atoms with van der Waals surface area (Å²) < 4.78 is 1.75. The number of aromatic nitrogens is 3. The Kier molecular flexibility index (Phi) is 3.57. The van der Waals surface area contributed by atoms with E-state index in [1.165, 1.54) is 12.3 Å². The van der Waals surface area contributed by atoms with Crippen molar-refractivity contribution in [3.8, 4) is 0 Å². The molecule has 0 radical (unpaired) electrons. The molecule has 18 heavy (non-hydrogen) atoms. The van der Waals surface area contributed by atoms with Gasteiger partial charge in [0.2, 0.25) is 0 Å². The molecule has 0 saturated heterocycles. The van der Waals surface area contributed by atoms with E-state index in [0.29, 0.717) is 0 Å². The summed E-state index contributed by atoms with van der Waals surface area (Å²) in [6.45, 7) is 0.717. The molecule has 0 saturated carbocycles. The van der Waals surface area contributed by atoms with Crippen LogP contribution in [0.1, 0.15) is 16.1 Å². The SMILES string of the molecule is Cn1cc(CCNc2ccnc(C(=O)O)c2)cn1. The van der Waals surface area contributed by atoms with Crippen LogP contribution in [0.4, 0.5) is 5.69 Å². The fourth-order valence-corrected chi connectivity index (χ4v) is 1.61. The minimum Gasteiger partial charge on any atom is -0.477 e. The van der Waals surface area contributed by atoms with Crippen molar-refractivity contribution < 1.29 is 9.90 Å². The lowest BCUT2D eigenvalue weighted by Gasteiger charge is -2.05. The fraction of sp³-hybridized carbons (Fsp3) is 0.250. The number of carbonyl (C=O) groups is 1. The minimum atomic E-state index is -1.02. The highest BCUT2D eigenvalue weighted by atomic mass is 16.4. The average Bonchev–Trinajstić information content (AvgIpc) is 2.75. The zero-order valence-electron chi connectivity index (χ0n) is 10.00. The van der Waals surface area contributed by atoms with E-state index in [1.807, 2.05) is 19.4 Å². The molecule has 2 aromatic rings. The van der Waals surface area contributed by atoms with Gasteiger partial charge in [0.05, 0.1) is 6.20 Å². The predicted octanol–water partition coefficient (Wildman–Crippen LogP) is 1.17. The van der Waals surface area contributed by atoms with Gasteiger partial charge < -0.3 is 10.4 Å². The summed E-state index contributed by atoms with van der Waals surface area (Å²) >= 11 is 0. The lowest BCUT2D eigenvalue weighted by Crippen LogP contribution is -2.06. The smallest absolute Gasteiger partial charge is 0.354 e. The predicted molar refractivity (Wildman–Crippen MR) is 66.6 cm³/mol. The standard InChI is InChI=1S/C12H14N4O2/c1-16-8-9(7-15-16)2-4-13-10-3-5-14-11(6-10)12(17)18/h3,5-8H,2,4H2,1H3,(H,13,14)(H,17,18). The first kappa shape index (κ1) is 12.1. The molecule has 0 spiro atoms. The number of hydrogen-bond donors (Lipinski definition) is 2. The van der Waals surface area contributed by atoms with E-state index in [4.69, 9.17) is 5.11 Å². The summed E-state index contributed by atoms with van der Waals surface area (Å²) in [6, 6.07) is 3.27. The molecule has 0 atom stereocenters. The molecule has 0 amide bonds. The number of pyridine rings is 1. The highest BCUT2D eigenvalue weighted by Crippen LogP contribution is 2.08. The zero-order chi connectivity index (χ0) is 13.0. The summed E-state index contributed by atoms with van der Waals surface area (Å²) in [6.07, 6.45) is 6.09. The molecule has 2 heterocycles. The van der Waals surface area contributed by atoms with E-state index in [9.17, 15) is 4.79 Å². The van der Waals surface area contributed by atoms with Crippen LogP contribution >= 0.6 is 0 Å². The molecule has 0 aliphatic rings. The van der Waals surface area contributed by atoms with Gasteiger partial charge in [-0.2, -0.15) is 5.10 Å². The number of nitrogens with one attached hydrogen (secondary N) is 1. The van der Waals surface area contributed by atoms with Crippen LogP contribution in [0, 0.1) is 0 Å². The van der Waals surface area contributed by atoms with E-state index in [-0.39, 0.29) is 5.69 Å². The Hall–Kier alpha value is -2.37. The molecular formula is C12H14N4O2. The van der Waals surface area contributed by atoms with Gasteiger partial charge in [-0.1, -0.05) is 0 Å². The van der Waals surface area contributed by atoms with Crippen molar-refractivity contribution in [3.05, 3.63) is 42.0 Å². The van der Waals surface area contributed by atoms with Crippen molar-refractivity contribution in [2.75, 3.05) is 11.9 Å². The monoisotopic (exact) mass is 246 g/mol. The lowest BCUT2D eigenvalue weighted by molar-refractivity contribution is 0.0690. The van der Waals surface area contributed by atoms with Crippen LogP contribution in [0.25, 0.3) is 0 Å². The van der Waals surface area contributed by atoms with Crippen LogP contribution in [-0.2, 0) is 13.5 Å². The minimum absolute atomic E-state index is 0.0429. The molecule has 0 aliphatic carbocycles. The Balaban J connectivity index is 1.90. The highest BCUT2D eigenvalue weighted by molar-refractivity contribution is 5.86. The molecule has 0 fully saturated rings. The molecule has 0 aliphatic heterocycles. The van der Waals surface area contributed by atoms with E-state index < -0.39 is 5.97 Å². The van der Waals surface area contributed by atoms with Crippen molar-refractivity contribution >= 4 is 11.7 Å². The van der Waals surface area contributed by atoms with Gasteiger partial charge in [0, 0.05) is 31.7 Å². The number of rotatable bonds is 5. The van der Waals surface area contributed by atoms with Gasteiger partial charge in [0.1, 0.15) is 5.69 Å². The van der Waals surface area contributed by atoms with Crippen molar-refractivity contribution in [2.45, 2.75) is 6.42 Å². The van der Waals surface area contributed by atoms with Crippen LogP contribution in [0.2, 0.25) is 0 Å². The number of nitrogens with zero attached hydrogens (tertiary/aromatic N) is 3. The van der Waals surface area contributed by atoms with Gasteiger partial charge in [-0.05, 0) is 24.1 Å². The number of aryl methyl sites for hydroxylation is 1. The first-order chi connectivity index (χ1) is 8.65. The number of hydrogen-bond acceptors (Lipinski definition) is 4. The highest BCUT2D eigenvalue weighted by Gasteiger charge is 2.04. The van der Waals surface area contributed by atoms with Crippen LogP contribution in [0.3, 0.4) is 0 Å². The Morgan fingerprint density at radius 2 is 2.39 bits per heavy atom. The summed E-state index contributed by atoms with van der Waals surface area (Å²) in [5, 5.41) is 16.1. The molecule has 94 valence electrons. The largest absolute Gasteiger partial charge is 0.477 e. The normalized spacial score (nSPS) is 10.3. The second-order valence-electron chi connectivity index (χ2n) is 3.93. The van der Waals surface area contributed by atoms with Gasteiger partial charge >= 0.3 is 5.97 Å². The number of aromatic carboxylic acids is 1. The maximum absolute atomic E-state index is 10.7. The molecule has 0 bridgehead atoms. The fourth-order valence-electron chi connectivity index (χ4n) is 1.61. The van der Waals surface area contributed by atoms with Crippen LogP contribution in [-0.4, -0.2) is 32.4 Å². The Morgan fingerprint density at radius 1 is 1.56 bits per heavy atom. The second-order valence-corrected chi connectivity index (χ2v) is 3.93. The third kappa shape index (κ3) is 3.07. The van der Waals surface area contributed by atoms with E-state index in [1.54, 1.807) is 10.7 Å². The summed E-state index contributed by atoms with van der Waals surface area (Å²) in [7, 11) is 1.87. The van der Waals surface area contributed by atoms with Gasteiger partial charge in [-0.15, -0.1) is 0 Å². The molecule has 2 rings (SSSR count). The second kappa shape index (κ2) is 5.31. The molecule has 6 heteroatoms. The van der Waals surface area contributed by atoms with Crippen molar-refractivity contribution in [1.82, 2.24) is 14.8 Å². The maximum atomic E-state index is 10.7. The van der Waals surface area contributed by atoms with E-state index in [2.05, 4.69) is 15.4 Å². The van der Waals surface area contributed by atoms with E-state index in [0.717, 1.165) is 24.2 Å². The van der Waals surface area contributed by atoms with Crippen molar-refractivity contribution in [3.63, 3.8) is 0 Å². The maximum Gasteiger partial charge on any atom is 0.354 e. The lowest BCUT2D eigenvalue weighted by atomic mass is 10.2. The van der Waals surface area contributed by atoms with Crippen molar-refractivity contribution in [2.24, 2.45) is 7.05 Å². The Bertz CT molecular complexity index is 551. The zero-order valence-corrected chi connectivity index (χ0v) is 10.00. The third-order valence-corrected chi connectivity index (χ3v) is 2.48. The van der Waals surface area contributed by atoms with Gasteiger partial charge in [-0.25, -0.2) is 9.78 Å². The quantitative estimate of drug-likeness (QED) is 0.827. The van der Waals surface area contributed by atoms with Crippen molar-refractivity contribution in [1.29, 1.82) is 0 Å². The first-order valence-electron chi connectivity index (χ1n) is 5.56. The molecule has 0 unspecified atom stereocenters. The van der Waals surface area contributed by atoms with Gasteiger partial charge in [0.15, 0.2) is 0 Å². The van der Waals surface area contributed by atoms with E-state index >= 15 is 0 Å². The molecule has 2 aromatic heterocycles. The molecule has 6 nitrogen and oxygen atoms in total. The summed E-state index contributed by atoms with van der Waals surface area (Å²) in [5.74, 6) is -1.02. The molecular weight excluding hydrogens is 232 g/mol. The van der Waals surface area contributed by atoms with Crippen LogP contribution < -0.4 is 5.32 Å². The van der Waals surface area contributed by atoms with Gasteiger partial charge in [-0.3, -0.25) is 4.68 Å². The number of carboxylic acid groups (broad SMARTS) is 1. The van der Waals surface area contributed by atoms with Crippen LogP contribution in [0.15, 0.2) is 30.7 Å². The molecule has 0 aromatic carbocycles. The number of carboxylic acids is 1. The topological polar surface area (TPSA) is 80.0 Å². The van der Waals surface area contributed by atoms with Crippen LogP contribution in [0.5, 0.6) is 0 Å². The summed E-state index contributed by atoms with van der Waals surface area (Å²) in [4.78, 5) is 14.5. The first-order valence-corrected chi connectivity index (χ1v) is 5.56. The molecule has 2 N–H and O–H groups in total. The average molecular weight is 246 g/mol. The summed E-state index contributed by atoms with van der Waals surface area (Å²) in [5.41, 5.74) is 1.94.